The minimum atomic E-state index is -0.0605. The fraction of sp³-hybridized carbons (Fsp3) is 0.389. The van der Waals surface area contributed by atoms with Gasteiger partial charge in [-0.1, -0.05) is 36.4 Å². The van der Waals surface area contributed by atoms with Crippen LogP contribution < -0.4 is 5.73 Å². The molecule has 110 valence electrons. The van der Waals surface area contributed by atoms with Gasteiger partial charge >= 0.3 is 0 Å². The van der Waals surface area contributed by atoms with E-state index in [2.05, 4.69) is 48.3 Å². The predicted molar refractivity (Wildman–Crippen MR) is 84.1 cm³/mol. The Hall–Kier alpha value is -1.71. The minimum absolute atomic E-state index is 0.0591. The van der Waals surface area contributed by atoms with Gasteiger partial charge in [-0.25, -0.2) is 0 Å². The van der Waals surface area contributed by atoms with Crippen LogP contribution in [0.4, 0.5) is 0 Å². The smallest absolute Gasteiger partial charge is 0.0475 e. The van der Waals surface area contributed by atoms with Crippen molar-refractivity contribution < 1.29 is 4.74 Å². The molecule has 1 aliphatic heterocycles. The molecule has 3 nitrogen and oxygen atoms in total. The van der Waals surface area contributed by atoms with Crippen molar-refractivity contribution in [3.63, 3.8) is 0 Å². The van der Waals surface area contributed by atoms with Gasteiger partial charge in [0, 0.05) is 37.1 Å². The van der Waals surface area contributed by atoms with Crippen LogP contribution in [-0.2, 0) is 10.2 Å². The molecule has 2 aromatic rings. The summed E-state index contributed by atoms with van der Waals surface area (Å²) in [5.74, 6) is 0. The van der Waals surface area contributed by atoms with Crippen LogP contribution in [0, 0.1) is 6.92 Å². The molecule has 0 saturated carbocycles. The Balaban J connectivity index is 2.03. The molecule has 3 rings (SSSR count). The summed E-state index contributed by atoms with van der Waals surface area (Å²) in [4.78, 5) is 4.31. The maximum atomic E-state index is 6.71. The van der Waals surface area contributed by atoms with E-state index >= 15 is 0 Å². The number of aryl methyl sites for hydroxylation is 1. The van der Waals surface area contributed by atoms with Gasteiger partial charge in [0.25, 0.3) is 0 Å². The third kappa shape index (κ3) is 2.71. The van der Waals surface area contributed by atoms with Gasteiger partial charge in [-0.3, -0.25) is 4.98 Å². The van der Waals surface area contributed by atoms with E-state index < -0.39 is 0 Å². The number of hydrogen-bond donors (Lipinski definition) is 1. The predicted octanol–water partition coefficient (Wildman–Crippen LogP) is 3.14. The van der Waals surface area contributed by atoms with Crippen LogP contribution in [0.25, 0.3) is 0 Å². The average Bonchev–Trinajstić information content (AvgIpc) is 2.55. The highest BCUT2D eigenvalue weighted by Gasteiger charge is 2.40. The summed E-state index contributed by atoms with van der Waals surface area (Å²) in [5.41, 5.74) is 10.2. The Bertz CT molecular complexity index is 591. The normalized spacial score (nSPS) is 19.1. The van der Waals surface area contributed by atoms with Crippen LogP contribution in [-0.4, -0.2) is 18.2 Å². The van der Waals surface area contributed by atoms with Crippen molar-refractivity contribution in [1.29, 1.82) is 0 Å². The summed E-state index contributed by atoms with van der Waals surface area (Å²) < 4.78 is 5.58. The Morgan fingerprint density at radius 1 is 1.14 bits per heavy atom. The summed E-state index contributed by atoms with van der Waals surface area (Å²) in [7, 11) is 0. The number of aromatic nitrogens is 1. The fourth-order valence-electron chi connectivity index (χ4n) is 3.35. The maximum Gasteiger partial charge on any atom is 0.0475 e. The van der Waals surface area contributed by atoms with Gasteiger partial charge in [-0.2, -0.15) is 0 Å². The lowest BCUT2D eigenvalue weighted by Gasteiger charge is -2.42. The van der Waals surface area contributed by atoms with Crippen molar-refractivity contribution in [2.24, 2.45) is 5.73 Å². The van der Waals surface area contributed by atoms with Crippen molar-refractivity contribution in [1.82, 2.24) is 4.98 Å². The van der Waals surface area contributed by atoms with Crippen molar-refractivity contribution in [3.05, 3.63) is 65.5 Å². The number of pyridine rings is 1. The topological polar surface area (TPSA) is 48.1 Å². The molecule has 0 aliphatic carbocycles. The lowest BCUT2D eigenvalue weighted by atomic mass is 9.67. The quantitative estimate of drug-likeness (QED) is 0.941. The Morgan fingerprint density at radius 3 is 2.52 bits per heavy atom. The second kappa shape index (κ2) is 5.96. The molecule has 1 atom stereocenters. The summed E-state index contributed by atoms with van der Waals surface area (Å²) >= 11 is 0. The Morgan fingerprint density at radius 2 is 1.86 bits per heavy atom. The highest BCUT2D eigenvalue weighted by molar-refractivity contribution is 5.33. The van der Waals surface area contributed by atoms with Gasteiger partial charge in [0.1, 0.15) is 0 Å². The number of hydrogen-bond acceptors (Lipinski definition) is 3. The van der Waals surface area contributed by atoms with E-state index in [1.165, 1.54) is 5.56 Å². The van der Waals surface area contributed by atoms with Gasteiger partial charge in [-0.05, 0) is 36.5 Å². The van der Waals surface area contributed by atoms with Crippen molar-refractivity contribution >= 4 is 0 Å². The first-order valence-corrected chi connectivity index (χ1v) is 7.53. The first kappa shape index (κ1) is 14.2. The fourth-order valence-corrected chi connectivity index (χ4v) is 3.35. The van der Waals surface area contributed by atoms with E-state index in [1.807, 2.05) is 12.4 Å². The molecular weight excluding hydrogens is 260 g/mol. The van der Waals surface area contributed by atoms with Crippen LogP contribution in [0.2, 0.25) is 0 Å². The van der Waals surface area contributed by atoms with E-state index in [-0.39, 0.29) is 11.5 Å². The van der Waals surface area contributed by atoms with Gasteiger partial charge in [0.05, 0.1) is 0 Å². The van der Waals surface area contributed by atoms with Gasteiger partial charge in [0.15, 0.2) is 0 Å². The maximum absolute atomic E-state index is 6.71. The molecule has 1 aliphatic rings. The van der Waals surface area contributed by atoms with E-state index in [9.17, 15) is 0 Å². The van der Waals surface area contributed by atoms with E-state index in [0.717, 1.165) is 37.2 Å². The standard InChI is InChI=1S/C18H22N2O/c1-14-11-15(13-20-12-14)17(19)18(7-9-21-10-8-18)16-5-3-2-4-6-16/h2-6,11-13,17H,7-10,19H2,1H3. The average molecular weight is 282 g/mol. The second-order valence-corrected chi connectivity index (χ2v) is 5.91. The zero-order chi connectivity index (χ0) is 14.7. The molecule has 3 heteroatoms. The summed E-state index contributed by atoms with van der Waals surface area (Å²) in [6.45, 7) is 3.59. The van der Waals surface area contributed by atoms with E-state index in [1.54, 1.807) is 0 Å². The summed E-state index contributed by atoms with van der Waals surface area (Å²) in [6.07, 6.45) is 5.67. The van der Waals surface area contributed by atoms with Gasteiger partial charge in [-0.15, -0.1) is 0 Å². The third-order valence-corrected chi connectivity index (χ3v) is 4.58. The molecule has 2 heterocycles. The van der Waals surface area contributed by atoms with Crippen LogP contribution in [0.3, 0.4) is 0 Å². The molecular formula is C18H22N2O. The zero-order valence-electron chi connectivity index (χ0n) is 12.5. The number of benzene rings is 1. The molecule has 1 aromatic carbocycles. The molecule has 1 fully saturated rings. The van der Waals surface area contributed by atoms with Crippen molar-refractivity contribution in [3.8, 4) is 0 Å². The molecule has 0 bridgehead atoms. The minimum Gasteiger partial charge on any atom is -0.381 e. The highest BCUT2D eigenvalue weighted by Crippen LogP contribution is 2.43. The lowest BCUT2D eigenvalue weighted by Crippen LogP contribution is -2.43. The summed E-state index contributed by atoms with van der Waals surface area (Å²) in [5, 5.41) is 0. The van der Waals surface area contributed by atoms with Gasteiger partial charge in [0.2, 0.25) is 0 Å². The van der Waals surface area contributed by atoms with Crippen LogP contribution >= 0.6 is 0 Å². The second-order valence-electron chi connectivity index (χ2n) is 5.91. The van der Waals surface area contributed by atoms with Crippen LogP contribution in [0.5, 0.6) is 0 Å². The first-order valence-electron chi connectivity index (χ1n) is 7.53. The number of rotatable bonds is 3. The molecule has 21 heavy (non-hydrogen) atoms. The van der Waals surface area contributed by atoms with Crippen molar-refractivity contribution in [2.45, 2.75) is 31.2 Å². The van der Waals surface area contributed by atoms with E-state index in [0.29, 0.717) is 0 Å². The zero-order valence-corrected chi connectivity index (χ0v) is 12.5. The number of nitrogens with two attached hydrogens (primary N) is 1. The molecule has 1 unspecified atom stereocenters. The molecule has 0 radical (unpaired) electrons. The molecule has 0 spiro atoms. The van der Waals surface area contributed by atoms with Crippen LogP contribution in [0.15, 0.2) is 48.8 Å². The highest BCUT2D eigenvalue weighted by atomic mass is 16.5. The molecule has 1 aromatic heterocycles. The van der Waals surface area contributed by atoms with E-state index in [4.69, 9.17) is 10.5 Å². The Labute approximate surface area is 126 Å². The molecule has 2 N–H and O–H groups in total. The SMILES string of the molecule is Cc1cncc(C(N)C2(c3ccccc3)CCOCC2)c1. The molecule has 0 amide bonds. The third-order valence-electron chi connectivity index (χ3n) is 4.58. The van der Waals surface area contributed by atoms with Crippen molar-refractivity contribution in [2.75, 3.05) is 13.2 Å². The number of ether oxygens (including phenoxy) is 1. The lowest BCUT2D eigenvalue weighted by molar-refractivity contribution is 0.0397. The first-order chi connectivity index (χ1) is 10.2. The summed E-state index contributed by atoms with van der Waals surface area (Å²) in [6, 6.07) is 12.7. The monoisotopic (exact) mass is 282 g/mol. The molecule has 1 saturated heterocycles. The van der Waals surface area contributed by atoms with Crippen LogP contribution in [0.1, 0.15) is 35.6 Å². The number of nitrogens with zero attached hydrogens (tertiary/aromatic N) is 1. The largest absolute Gasteiger partial charge is 0.381 e. The van der Waals surface area contributed by atoms with Gasteiger partial charge < -0.3 is 10.5 Å². The Kier molecular flexibility index (Phi) is 4.04.